The van der Waals surface area contributed by atoms with Gasteiger partial charge in [-0.1, -0.05) is 4.89 Å². The molecule has 0 amide bonds. The minimum absolute atomic E-state index is 0.204. The molecule has 1 aliphatic rings. The van der Waals surface area contributed by atoms with Crippen LogP contribution in [0.1, 0.15) is 13.8 Å². The summed E-state index contributed by atoms with van der Waals surface area (Å²) in [6.07, 6.45) is -0.426. The minimum atomic E-state index is -3.83. The van der Waals surface area contributed by atoms with Gasteiger partial charge in [-0.05, 0) is 13.8 Å². The lowest BCUT2D eigenvalue weighted by molar-refractivity contribution is -0.143. The topological polar surface area (TPSA) is 105 Å². The molecule has 0 aromatic rings. The Morgan fingerprint density at radius 3 is 2.47 bits per heavy atom. The molecule has 1 rings (SSSR count). The number of nitrogens with one attached hydrogen (secondary N) is 1. The molecule has 0 saturated carbocycles. The summed E-state index contributed by atoms with van der Waals surface area (Å²) in [6, 6.07) is 0. The van der Waals surface area contributed by atoms with E-state index in [1.54, 1.807) is 18.7 Å². The fourth-order valence-corrected chi connectivity index (χ4v) is 2.67. The van der Waals surface area contributed by atoms with Crippen molar-refractivity contribution >= 4 is 16.2 Å². The Kier molecular flexibility index (Phi) is 4.83. The summed E-state index contributed by atoms with van der Waals surface area (Å²) >= 11 is 0. The highest BCUT2D eigenvalue weighted by atomic mass is 32.2. The molecule has 0 aliphatic carbocycles. The van der Waals surface area contributed by atoms with Gasteiger partial charge in [-0.25, -0.2) is 4.79 Å². The number of hydrogen-bond donors (Lipinski definition) is 2. The van der Waals surface area contributed by atoms with E-state index in [0.29, 0.717) is 0 Å². The Hall–Kier alpha value is -0.740. The van der Waals surface area contributed by atoms with Crippen LogP contribution in [-0.2, 0) is 24.6 Å². The molecular formula is C8H16N2O6S. The Morgan fingerprint density at radius 2 is 2.00 bits per heavy atom. The van der Waals surface area contributed by atoms with Crippen LogP contribution in [0.15, 0.2) is 0 Å². The number of carboxylic acid groups (broad SMARTS) is 1. The smallest absolute Gasteiger partial charge is 0.331 e. The molecule has 2 unspecified atom stereocenters. The summed E-state index contributed by atoms with van der Waals surface area (Å²) in [5.74, 6) is -1.25. The van der Waals surface area contributed by atoms with Crippen LogP contribution in [0.5, 0.6) is 0 Å². The number of morpholine rings is 1. The Bertz CT molecular complexity index is 360. The second-order valence-corrected chi connectivity index (χ2v) is 5.48. The standard InChI is InChI=1S/C8H16N2O6S/c1-6-3-10(4-7(2)16-6)17(13,14)9-15-5-8(11)12/h6-7,9H,3-5H2,1-2H3,(H,11,12). The summed E-state index contributed by atoms with van der Waals surface area (Å²) in [6.45, 7) is 3.20. The maximum Gasteiger partial charge on any atom is 0.331 e. The monoisotopic (exact) mass is 268 g/mol. The van der Waals surface area contributed by atoms with Gasteiger partial charge in [0.15, 0.2) is 6.61 Å². The summed E-state index contributed by atoms with van der Waals surface area (Å²) in [5, 5.41) is 8.31. The van der Waals surface area contributed by atoms with Gasteiger partial charge in [0.1, 0.15) is 0 Å². The lowest BCUT2D eigenvalue weighted by atomic mass is 10.3. The first-order valence-corrected chi connectivity index (χ1v) is 6.51. The molecule has 17 heavy (non-hydrogen) atoms. The predicted molar refractivity (Wildman–Crippen MR) is 57.2 cm³/mol. The van der Waals surface area contributed by atoms with Crippen LogP contribution >= 0.6 is 0 Å². The Morgan fingerprint density at radius 1 is 1.47 bits per heavy atom. The summed E-state index contributed by atoms with van der Waals surface area (Å²) in [5.41, 5.74) is 0. The van der Waals surface area contributed by atoms with Crippen molar-refractivity contribution < 1.29 is 27.9 Å². The van der Waals surface area contributed by atoms with Gasteiger partial charge in [-0.2, -0.15) is 12.7 Å². The fourth-order valence-electron chi connectivity index (χ4n) is 1.55. The molecule has 0 radical (unpaired) electrons. The Balaban J connectivity index is 2.54. The van der Waals surface area contributed by atoms with Gasteiger partial charge in [0, 0.05) is 13.1 Å². The van der Waals surface area contributed by atoms with E-state index >= 15 is 0 Å². The molecule has 0 bridgehead atoms. The highest BCUT2D eigenvalue weighted by Gasteiger charge is 2.31. The normalized spacial score (nSPS) is 26.9. The molecule has 8 nitrogen and oxygen atoms in total. The van der Waals surface area contributed by atoms with Gasteiger partial charge >= 0.3 is 16.2 Å². The van der Waals surface area contributed by atoms with Crippen LogP contribution < -0.4 is 4.89 Å². The highest BCUT2D eigenvalue weighted by Crippen LogP contribution is 2.13. The highest BCUT2D eigenvalue weighted by molar-refractivity contribution is 7.87. The van der Waals surface area contributed by atoms with Gasteiger partial charge in [0.25, 0.3) is 0 Å². The molecule has 0 aromatic heterocycles. The zero-order valence-electron chi connectivity index (χ0n) is 9.62. The maximum atomic E-state index is 11.7. The molecule has 9 heteroatoms. The lowest BCUT2D eigenvalue weighted by Gasteiger charge is -2.33. The van der Waals surface area contributed by atoms with E-state index in [4.69, 9.17) is 9.84 Å². The molecule has 0 spiro atoms. The van der Waals surface area contributed by atoms with E-state index in [-0.39, 0.29) is 25.3 Å². The number of aliphatic carboxylic acids is 1. The molecule has 100 valence electrons. The average Bonchev–Trinajstić information content (AvgIpc) is 2.14. The summed E-state index contributed by atoms with van der Waals surface area (Å²) in [7, 11) is -3.83. The first kappa shape index (κ1) is 14.3. The van der Waals surface area contributed by atoms with Gasteiger partial charge in [-0.15, -0.1) is 0 Å². The maximum absolute atomic E-state index is 11.7. The summed E-state index contributed by atoms with van der Waals surface area (Å²) < 4.78 is 29.9. The van der Waals surface area contributed by atoms with Crippen LogP contribution in [0.4, 0.5) is 0 Å². The first-order valence-electron chi connectivity index (χ1n) is 5.07. The second kappa shape index (κ2) is 5.74. The molecule has 0 aromatic carbocycles. The molecule has 1 saturated heterocycles. The molecule has 1 aliphatic heterocycles. The minimum Gasteiger partial charge on any atom is -0.479 e. The van der Waals surface area contributed by atoms with Crippen LogP contribution in [0, 0.1) is 0 Å². The molecule has 1 heterocycles. The third-order valence-electron chi connectivity index (χ3n) is 2.09. The van der Waals surface area contributed by atoms with Crippen molar-refractivity contribution in [2.45, 2.75) is 26.1 Å². The number of carbonyl (C=O) groups is 1. The van der Waals surface area contributed by atoms with E-state index < -0.39 is 22.8 Å². The Labute approximate surface area is 99.6 Å². The van der Waals surface area contributed by atoms with E-state index in [1.165, 1.54) is 0 Å². The van der Waals surface area contributed by atoms with Gasteiger partial charge in [0.2, 0.25) is 0 Å². The van der Waals surface area contributed by atoms with E-state index in [2.05, 4.69) is 4.84 Å². The zero-order valence-corrected chi connectivity index (χ0v) is 10.4. The van der Waals surface area contributed by atoms with Gasteiger partial charge < -0.3 is 9.84 Å². The van der Waals surface area contributed by atoms with Crippen LogP contribution in [0.25, 0.3) is 0 Å². The van der Waals surface area contributed by atoms with Crippen molar-refractivity contribution in [1.82, 2.24) is 9.19 Å². The van der Waals surface area contributed by atoms with Crippen molar-refractivity contribution in [1.29, 1.82) is 0 Å². The average molecular weight is 268 g/mol. The zero-order chi connectivity index (χ0) is 13.1. The van der Waals surface area contributed by atoms with Crippen molar-refractivity contribution in [3.63, 3.8) is 0 Å². The van der Waals surface area contributed by atoms with Crippen LogP contribution in [-0.4, -0.2) is 55.7 Å². The third-order valence-corrected chi connectivity index (χ3v) is 3.39. The number of carboxylic acids is 1. The second-order valence-electron chi connectivity index (χ2n) is 3.85. The largest absolute Gasteiger partial charge is 0.479 e. The lowest BCUT2D eigenvalue weighted by Crippen LogP contribution is -2.52. The summed E-state index contributed by atoms with van der Waals surface area (Å²) in [4.78, 5) is 16.3. The van der Waals surface area contributed by atoms with Crippen molar-refractivity contribution in [2.24, 2.45) is 0 Å². The van der Waals surface area contributed by atoms with Gasteiger partial charge in [0.05, 0.1) is 12.2 Å². The van der Waals surface area contributed by atoms with Crippen molar-refractivity contribution in [3.05, 3.63) is 0 Å². The predicted octanol–water partition coefficient (Wildman–Crippen LogP) is -1.05. The number of ether oxygens (including phenoxy) is 1. The van der Waals surface area contributed by atoms with Crippen LogP contribution in [0.2, 0.25) is 0 Å². The molecule has 1 fully saturated rings. The molecule has 2 N–H and O–H groups in total. The van der Waals surface area contributed by atoms with Crippen molar-refractivity contribution in [2.75, 3.05) is 19.7 Å². The third kappa shape index (κ3) is 4.56. The van der Waals surface area contributed by atoms with E-state index in [9.17, 15) is 13.2 Å². The van der Waals surface area contributed by atoms with E-state index in [0.717, 1.165) is 4.31 Å². The van der Waals surface area contributed by atoms with E-state index in [1.807, 2.05) is 0 Å². The van der Waals surface area contributed by atoms with Crippen molar-refractivity contribution in [3.8, 4) is 0 Å². The molecular weight excluding hydrogens is 252 g/mol. The number of rotatable bonds is 5. The number of hydrogen-bond acceptors (Lipinski definition) is 5. The quantitative estimate of drug-likeness (QED) is 0.616. The first-order chi connectivity index (χ1) is 7.81. The molecule has 2 atom stereocenters. The SMILES string of the molecule is CC1CN(S(=O)(=O)NOCC(=O)O)CC(C)O1. The van der Waals surface area contributed by atoms with Crippen LogP contribution in [0.3, 0.4) is 0 Å². The fraction of sp³-hybridized carbons (Fsp3) is 0.875. The van der Waals surface area contributed by atoms with Gasteiger partial charge in [-0.3, -0.25) is 4.84 Å². The number of nitrogens with zero attached hydrogens (tertiary/aromatic N) is 1.